The Morgan fingerprint density at radius 2 is 1.56 bits per heavy atom. The molecule has 3 aromatic rings. The second-order valence-corrected chi connectivity index (χ2v) is 16.7. The molecule has 9 heteroatoms. The highest BCUT2D eigenvalue weighted by Crippen LogP contribution is 2.27. The molecule has 0 unspecified atom stereocenters. The zero-order valence-corrected chi connectivity index (χ0v) is 24.9. The molecule has 0 aliphatic carbocycles. The fourth-order valence-electron chi connectivity index (χ4n) is 3.85. The number of aliphatic hydroxyl groups is 1. The molecule has 1 heterocycles. The maximum absolute atomic E-state index is 11.5. The number of carboxylic acid groups (broad SMARTS) is 1. The van der Waals surface area contributed by atoms with Gasteiger partial charge in [0.05, 0.1) is 6.10 Å². The molecule has 0 amide bonds. The molecule has 0 fully saturated rings. The summed E-state index contributed by atoms with van der Waals surface area (Å²) in [5.41, 5.74) is 1.63. The molecular formula is C30H43N3O5Si. The summed E-state index contributed by atoms with van der Waals surface area (Å²) in [6.45, 7) is 13.9. The molecule has 0 radical (unpaired) electrons. The minimum Gasteiger partial charge on any atom is -0.476 e. The van der Waals surface area contributed by atoms with Gasteiger partial charge in [-0.1, -0.05) is 94.2 Å². The standard InChI is InChI=1S/C18H23NO.C12H20N2O4Si/c1-14(2)19-13-17(20)18(15-9-5-3-6-10-15)16-11-7-4-8-12-16;1-9-7-14(8-18-5-6-19(2,3)4)13-10(11(9)15)12(16)17/h3-12,14,17-20H,13H2,1-2H3;7H,5-6,8H2,1-4H3,(H,16,17)/t17-;/m0./s1. The fraction of sp³-hybridized carbons (Fsp3) is 0.433. The summed E-state index contributed by atoms with van der Waals surface area (Å²) >= 11 is 0. The Bertz CT molecular complexity index is 1170. The zero-order valence-electron chi connectivity index (χ0n) is 23.9. The zero-order chi connectivity index (χ0) is 29.0. The summed E-state index contributed by atoms with van der Waals surface area (Å²) in [4.78, 5) is 22.4. The van der Waals surface area contributed by atoms with Crippen LogP contribution in [-0.4, -0.2) is 59.3 Å². The lowest BCUT2D eigenvalue weighted by Gasteiger charge is -2.25. The average molecular weight is 554 g/mol. The molecule has 0 aliphatic heterocycles. The van der Waals surface area contributed by atoms with E-state index in [1.165, 1.54) is 10.9 Å². The number of nitrogens with one attached hydrogen (secondary N) is 1. The van der Waals surface area contributed by atoms with Crippen LogP contribution in [-0.2, 0) is 11.5 Å². The van der Waals surface area contributed by atoms with Crippen molar-refractivity contribution in [2.45, 2.75) is 71.3 Å². The van der Waals surface area contributed by atoms with Gasteiger partial charge in [-0.15, -0.1) is 0 Å². The highest BCUT2D eigenvalue weighted by atomic mass is 28.3. The van der Waals surface area contributed by atoms with E-state index in [1.54, 1.807) is 6.92 Å². The molecule has 8 nitrogen and oxygen atoms in total. The van der Waals surface area contributed by atoms with Crippen molar-refractivity contribution in [1.82, 2.24) is 15.1 Å². The van der Waals surface area contributed by atoms with Gasteiger partial charge >= 0.3 is 5.97 Å². The minimum atomic E-state index is -1.32. The van der Waals surface area contributed by atoms with E-state index in [-0.39, 0.29) is 12.6 Å². The number of hydrogen-bond acceptors (Lipinski definition) is 6. The van der Waals surface area contributed by atoms with E-state index >= 15 is 0 Å². The van der Waals surface area contributed by atoms with E-state index in [2.05, 4.69) is 68.2 Å². The number of rotatable bonds is 12. The van der Waals surface area contributed by atoms with Gasteiger partial charge < -0.3 is 20.3 Å². The first-order chi connectivity index (χ1) is 18.4. The van der Waals surface area contributed by atoms with E-state index in [4.69, 9.17) is 9.84 Å². The van der Waals surface area contributed by atoms with E-state index < -0.39 is 31.3 Å². The molecule has 212 valence electrons. The van der Waals surface area contributed by atoms with Crippen LogP contribution in [0.2, 0.25) is 25.7 Å². The Morgan fingerprint density at radius 1 is 1.03 bits per heavy atom. The molecule has 2 aromatic carbocycles. The normalized spacial score (nSPS) is 12.2. The van der Waals surface area contributed by atoms with Crippen molar-refractivity contribution in [2.24, 2.45) is 0 Å². The predicted molar refractivity (Wildman–Crippen MR) is 158 cm³/mol. The minimum absolute atomic E-state index is 0.00338. The first-order valence-corrected chi connectivity index (χ1v) is 17.0. The molecule has 0 spiro atoms. The van der Waals surface area contributed by atoms with E-state index in [0.717, 1.165) is 17.2 Å². The summed E-state index contributed by atoms with van der Waals surface area (Å²) in [5.74, 6) is -1.31. The van der Waals surface area contributed by atoms with Crippen molar-refractivity contribution >= 4 is 14.0 Å². The number of nitrogens with zero attached hydrogens (tertiary/aromatic N) is 2. The Hall–Kier alpha value is -3.11. The van der Waals surface area contributed by atoms with E-state index in [1.807, 2.05) is 36.4 Å². The average Bonchev–Trinajstić information content (AvgIpc) is 2.88. The summed E-state index contributed by atoms with van der Waals surface area (Å²) < 4.78 is 6.82. The largest absolute Gasteiger partial charge is 0.476 e. The third-order valence-corrected chi connectivity index (χ3v) is 7.71. The topological polar surface area (TPSA) is 114 Å². The number of aromatic carboxylic acids is 1. The van der Waals surface area contributed by atoms with E-state index in [0.29, 0.717) is 24.8 Å². The van der Waals surface area contributed by atoms with E-state index in [9.17, 15) is 14.7 Å². The van der Waals surface area contributed by atoms with Crippen LogP contribution in [0.4, 0.5) is 0 Å². The first kappa shape index (κ1) is 32.1. The lowest BCUT2D eigenvalue weighted by Crippen LogP contribution is -2.35. The number of aryl methyl sites for hydroxylation is 1. The molecule has 1 aromatic heterocycles. The lowest BCUT2D eigenvalue weighted by molar-refractivity contribution is 0.0654. The van der Waals surface area contributed by atoms with Gasteiger partial charge in [-0.25, -0.2) is 9.48 Å². The molecule has 0 bridgehead atoms. The number of benzene rings is 2. The fourth-order valence-corrected chi connectivity index (χ4v) is 4.60. The second kappa shape index (κ2) is 15.5. The van der Waals surface area contributed by atoms with Crippen LogP contribution in [0.15, 0.2) is 71.7 Å². The van der Waals surface area contributed by atoms with Crippen LogP contribution < -0.4 is 10.7 Å². The maximum Gasteiger partial charge on any atom is 0.360 e. The molecule has 39 heavy (non-hydrogen) atoms. The Balaban J connectivity index is 0.000000274. The Morgan fingerprint density at radius 3 is 2.03 bits per heavy atom. The van der Waals surface area contributed by atoms with Crippen molar-refractivity contribution in [3.63, 3.8) is 0 Å². The van der Waals surface area contributed by atoms with Crippen molar-refractivity contribution in [3.05, 3.63) is 99.5 Å². The number of ether oxygens (including phenoxy) is 1. The van der Waals surface area contributed by atoms with Gasteiger partial charge in [-0.3, -0.25) is 4.79 Å². The molecule has 0 saturated heterocycles. The molecule has 0 aliphatic rings. The van der Waals surface area contributed by atoms with Gasteiger partial charge in [0.15, 0.2) is 0 Å². The number of hydrogen-bond donors (Lipinski definition) is 3. The summed E-state index contributed by atoms with van der Waals surface area (Å²) in [6.07, 6.45) is 1.06. The molecule has 0 saturated carbocycles. The highest BCUT2D eigenvalue weighted by Gasteiger charge is 2.23. The van der Waals surface area contributed by atoms with Gasteiger partial charge in [0, 0.05) is 44.9 Å². The van der Waals surface area contributed by atoms with Crippen LogP contribution in [0.1, 0.15) is 46.9 Å². The highest BCUT2D eigenvalue weighted by molar-refractivity contribution is 6.76. The SMILES string of the molecule is CC(C)NC[C@H](O)C(c1ccccc1)c1ccccc1.Cc1cn(COCC[Si](C)(C)C)nc(C(=O)O)c1=O. The molecule has 1 atom stereocenters. The van der Waals surface area contributed by atoms with Crippen molar-refractivity contribution in [1.29, 1.82) is 0 Å². The smallest absolute Gasteiger partial charge is 0.360 e. The Kier molecular flexibility index (Phi) is 12.7. The summed E-state index contributed by atoms with van der Waals surface area (Å²) in [6, 6.07) is 21.8. The van der Waals surface area contributed by atoms with Crippen LogP contribution in [0.5, 0.6) is 0 Å². The van der Waals surface area contributed by atoms with Crippen LogP contribution in [0.3, 0.4) is 0 Å². The van der Waals surface area contributed by atoms with Crippen molar-refractivity contribution in [3.8, 4) is 0 Å². The van der Waals surface area contributed by atoms with Crippen LogP contribution in [0, 0.1) is 6.92 Å². The van der Waals surface area contributed by atoms with Crippen molar-refractivity contribution < 1.29 is 19.7 Å². The van der Waals surface area contributed by atoms with Gasteiger partial charge in [-0.05, 0) is 24.1 Å². The van der Waals surface area contributed by atoms with Gasteiger partial charge in [0.1, 0.15) is 6.73 Å². The second-order valence-electron chi connectivity index (χ2n) is 11.1. The monoisotopic (exact) mass is 553 g/mol. The third kappa shape index (κ3) is 11.3. The summed E-state index contributed by atoms with van der Waals surface area (Å²) in [5, 5.41) is 26.6. The number of aliphatic hydroxyl groups excluding tert-OH is 1. The van der Waals surface area contributed by atoms with Crippen LogP contribution >= 0.6 is 0 Å². The molecule has 3 N–H and O–H groups in total. The maximum atomic E-state index is 11.5. The molecular weight excluding hydrogens is 510 g/mol. The van der Waals surface area contributed by atoms with Gasteiger partial charge in [0.2, 0.25) is 11.1 Å². The predicted octanol–water partition coefficient (Wildman–Crippen LogP) is 4.74. The van der Waals surface area contributed by atoms with Crippen molar-refractivity contribution in [2.75, 3.05) is 13.2 Å². The number of carboxylic acids is 1. The van der Waals surface area contributed by atoms with Gasteiger partial charge in [0.25, 0.3) is 0 Å². The summed E-state index contributed by atoms with van der Waals surface area (Å²) in [7, 11) is -1.14. The lowest BCUT2D eigenvalue weighted by atomic mass is 9.86. The van der Waals surface area contributed by atoms with Crippen LogP contribution in [0.25, 0.3) is 0 Å². The molecule has 3 rings (SSSR count). The third-order valence-electron chi connectivity index (χ3n) is 6.00. The first-order valence-electron chi connectivity index (χ1n) is 13.3. The van der Waals surface area contributed by atoms with Gasteiger partial charge in [-0.2, -0.15) is 5.10 Å². The number of aromatic nitrogens is 2. The number of carbonyl (C=O) groups is 1. The quantitative estimate of drug-likeness (QED) is 0.219. The Labute approximate surface area is 232 Å².